The van der Waals surface area contributed by atoms with Gasteiger partial charge in [0.25, 0.3) is 5.91 Å². The first-order chi connectivity index (χ1) is 13.4. The van der Waals surface area contributed by atoms with E-state index in [0.29, 0.717) is 5.69 Å². The molecule has 2 aromatic rings. The fraction of sp³-hybridized carbons (Fsp3) is 0.526. The fourth-order valence-corrected chi connectivity index (χ4v) is 2.87. The van der Waals surface area contributed by atoms with Gasteiger partial charge in [0.1, 0.15) is 11.3 Å². The van der Waals surface area contributed by atoms with Crippen molar-refractivity contribution in [3.05, 3.63) is 47.3 Å². The molecule has 0 fully saturated rings. The molecule has 0 aliphatic rings. The summed E-state index contributed by atoms with van der Waals surface area (Å²) in [6.45, 7) is 5.76. The number of amides is 1. The Bertz CT molecular complexity index is 831. The smallest absolute Gasteiger partial charge is 0.384 e. The molecular weight excluding hydrogens is 389 g/mol. The summed E-state index contributed by atoms with van der Waals surface area (Å²) in [6.07, 6.45) is -5.70. The lowest BCUT2D eigenvalue weighted by Crippen LogP contribution is -2.52. The summed E-state index contributed by atoms with van der Waals surface area (Å²) in [5.41, 5.74) is -1.08. The lowest BCUT2D eigenvalue weighted by Gasteiger charge is -2.33. The summed E-state index contributed by atoms with van der Waals surface area (Å²) in [5.74, 6) is -0.773. The van der Waals surface area contributed by atoms with E-state index in [2.05, 4.69) is 10.2 Å². The molecule has 29 heavy (non-hydrogen) atoms. The van der Waals surface area contributed by atoms with Gasteiger partial charge in [0, 0.05) is 12.0 Å². The van der Waals surface area contributed by atoms with Crippen LogP contribution >= 0.6 is 0 Å². The van der Waals surface area contributed by atoms with Crippen LogP contribution in [0.15, 0.2) is 30.3 Å². The zero-order chi connectivity index (χ0) is 21.9. The number of carbonyl (C=O) groups excluding carboxylic acids is 1. The van der Waals surface area contributed by atoms with Crippen molar-refractivity contribution in [3.63, 3.8) is 0 Å². The second-order valence-electron chi connectivity index (χ2n) is 7.28. The van der Waals surface area contributed by atoms with E-state index in [1.807, 2.05) is 5.48 Å². The summed E-state index contributed by atoms with van der Waals surface area (Å²) >= 11 is 0. The standard InChI is InChI=1S/C19H25F3N4O3/c1-5-18(19(20,21)22,29-25-16(27)14-9-7-6-8-10-14)11-12-26-23-13(2)15(24-26)17(3,4)28/h6-10,28H,5,11-12H2,1-4H3,(H,25,27). The molecule has 160 valence electrons. The summed E-state index contributed by atoms with van der Waals surface area (Å²) < 4.78 is 41.5. The monoisotopic (exact) mass is 414 g/mol. The van der Waals surface area contributed by atoms with Crippen LogP contribution in [0.1, 0.15) is 55.4 Å². The molecule has 0 aliphatic carbocycles. The van der Waals surface area contributed by atoms with Gasteiger partial charge in [-0.3, -0.25) is 9.63 Å². The average Bonchev–Trinajstić information content (AvgIpc) is 3.02. The zero-order valence-electron chi connectivity index (χ0n) is 16.7. The molecular formula is C19H25F3N4O3. The van der Waals surface area contributed by atoms with E-state index in [1.54, 1.807) is 25.1 Å². The number of aliphatic hydroxyl groups is 1. The highest BCUT2D eigenvalue weighted by atomic mass is 19.4. The third-order valence-electron chi connectivity index (χ3n) is 4.58. The van der Waals surface area contributed by atoms with E-state index in [4.69, 9.17) is 4.84 Å². The Morgan fingerprint density at radius 3 is 2.31 bits per heavy atom. The Labute approximate surface area is 166 Å². The number of hydroxylamine groups is 1. The maximum atomic E-state index is 13.8. The Morgan fingerprint density at radius 1 is 1.21 bits per heavy atom. The van der Waals surface area contributed by atoms with Gasteiger partial charge in [0.05, 0.1) is 12.2 Å². The van der Waals surface area contributed by atoms with Crippen LogP contribution in [-0.4, -0.2) is 37.8 Å². The third kappa shape index (κ3) is 5.33. The molecule has 1 aromatic carbocycles. The van der Waals surface area contributed by atoms with Gasteiger partial charge < -0.3 is 5.11 Å². The van der Waals surface area contributed by atoms with Crippen LogP contribution in [0.4, 0.5) is 13.2 Å². The molecule has 0 radical (unpaired) electrons. The number of nitrogens with zero attached hydrogens (tertiary/aromatic N) is 3. The number of hydrogen-bond acceptors (Lipinski definition) is 5. The number of rotatable bonds is 8. The van der Waals surface area contributed by atoms with Crippen LogP contribution in [0.3, 0.4) is 0 Å². The average molecular weight is 414 g/mol. The highest BCUT2D eigenvalue weighted by Crippen LogP contribution is 2.39. The molecule has 2 rings (SSSR count). The van der Waals surface area contributed by atoms with Gasteiger partial charge in [-0.05, 0) is 39.3 Å². The van der Waals surface area contributed by atoms with Crippen molar-refractivity contribution in [3.8, 4) is 0 Å². The number of aromatic nitrogens is 3. The van der Waals surface area contributed by atoms with Crippen molar-refractivity contribution < 1.29 is 27.9 Å². The molecule has 1 aromatic heterocycles. The van der Waals surface area contributed by atoms with E-state index in [-0.39, 0.29) is 17.8 Å². The predicted octanol–water partition coefficient (Wildman–Crippen LogP) is 3.28. The number of hydrogen-bond donors (Lipinski definition) is 2. The topological polar surface area (TPSA) is 89.3 Å². The number of nitrogens with one attached hydrogen (secondary N) is 1. The minimum absolute atomic E-state index is 0.180. The van der Waals surface area contributed by atoms with Crippen molar-refractivity contribution in [1.29, 1.82) is 0 Å². The van der Waals surface area contributed by atoms with Crippen molar-refractivity contribution in [1.82, 2.24) is 20.5 Å². The van der Waals surface area contributed by atoms with Crippen LogP contribution < -0.4 is 5.48 Å². The van der Waals surface area contributed by atoms with Crippen molar-refractivity contribution in [2.45, 2.75) is 64.5 Å². The minimum Gasteiger partial charge on any atom is -0.384 e. The molecule has 1 atom stereocenters. The second kappa shape index (κ2) is 8.50. The van der Waals surface area contributed by atoms with Crippen molar-refractivity contribution in [2.75, 3.05) is 0 Å². The molecule has 7 nitrogen and oxygen atoms in total. The highest BCUT2D eigenvalue weighted by molar-refractivity contribution is 5.93. The summed E-state index contributed by atoms with van der Waals surface area (Å²) in [5, 5.41) is 18.2. The Hall–Kier alpha value is -2.46. The van der Waals surface area contributed by atoms with Crippen LogP contribution in [0.2, 0.25) is 0 Å². The quantitative estimate of drug-likeness (QED) is 0.647. The van der Waals surface area contributed by atoms with Gasteiger partial charge in [-0.15, -0.1) is 0 Å². The lowest BCUT2D eigenvalue weighted by atomic mass is 9.95. The van der Waals surface area contributed by atoms with Gasteiger partial charge in [-0.1, -0.05) is 25.1 Å². The summed E-state index contributed by atoms with van der Waals surface area (Å²) in [6, 6.07) is 7.81. The third-order valence-corrected chi connectivity index (χ3v) is 4.58. The van der Waals surface area contributed by atoms with E-state index >= 15 is 0 Å². The highest BCUT2D eigenvalue weighted by Gasteiger charge is 2.55. The molecule has 2 N–H and O–H groups in total. The number of aryl methyl sites for hydroxylation is 2. The van der Waals surface area contributed by atoms with E-state index in [1.165, 1.54) is 32.9 Å². The maximum absolute atomic E-state index is 13.8. The molecule has 1 amide bonds. The molecule has 10 heteroatoms. The Balaban J connectivity index is 2.17. The van der Waals surface area contributed by atoms with Gasteiger partial charge >= 0.3 is 6.18 Å². The molecule has 0 saturated carbocycles. The SMILES string of the molecule is CCC(CCn1nc(C)c(C(C)(C)O)n1)(ONC(=O)c1ccccc1)C(F)(F)F. The van der Waals surface area contributed by atoms with Crippen molar-refractivity contribution in [2.24, 2.45) is 0 Å². The molecule has 1 unspecified atom stereocenters. The fourth-order valence-electron chi connectivity index (χ4n) is 2.87. The van der Waals surface area contributed by atoms with Crippen LogP contribution in [-0.2, 0) is 17.0 Å². The molecule has 0 aliphatic heterocycles. The predicted molar refractivity (Wildman–Crippen MR) is 98.7 cm³/mol. The van der Waals surface area contributed by atoms with Crippen molar-refractivity contribution >= 4 is 5.91 Å². The van der Waals surface area contributed by atoms with E-state index in [0.717, 1.165) is 4.80 Å². The Morgan fingerprint density at radius 2 is 1.83 bits per heavy atom. The van der Waals surface area contributed by atoms with Gasteiger partial charge in [-0.2, -0.15) is 28.2 Å². The number of benzene rings is 1. The normalized spacial score (nSPS) is 14.5. The molecule has 0 bridgehead atoms. The molecule has 0 saturated heterocycles. The molecule has 1 heterocycles. The van der Waals surface area contributed by atoms with E-state index < -0.39 is 36.1 Å². The van der Waals surface area contributed by atoms with Crippen LogP contribution in [0, 0.1) is 6.92 Å². The number of halogens is 3. The zero-order valence-corrected chi connectivity index (χ0v) is 16.7. The summed E-state index contributed by atoms with van der Waals surface area (Å²) in [7, 11) is 0. The molecule has 0 spiro atoms. The van der Waals surface area contributed by atoms with E-state index in [9.17, 15) is 23.1 Å². The summed E-state index contributed by atoms with van der Waals surface area (Å²) in [4.78, 5) is 18.1. The Kier molecular flexibility index (Phi) is 6.69. The first-order valence-corrected chi connectivity index (χ1v) is 9.14. The van der Waals surface area contributed by atoms with Crippen LogP contribution in [0.25, 0.3) is 0 Å². The number of alkyl halides is 3. The minimum atomic E-state index is -4.74. The van der Waals surface area contributed by atoms with Gasteiger partial charge in [0.2, 0.25) is 0 Å². The first-order valence-electron chi connectivity index (χ1n) is 9.14. The first kappa shape index (κ1) is 22.8. The van der Waals surface area contributed by atoms with Gasteiger partial charge in [-0.25, -0.2) is 5.48 Å². The largest absolute Gasteiger partial charge is 0.420 e. The maximum Gasteiger partial charge on any atom is 0.420 e. The lowest BCUT2D eigenvalue weighted by molar-refractivity contribution is -0.295. The second-order valence-corrected chi connectivity index (χ2v) is 7.28. The van der Waals surface area contributed by atoms with Gasteiger partial charge in [0.15, 0.2) is 5.60 Å². The number of carbonyl (C=O) groups is 1. The van der Waals surface area contributed by atoms with Crippen LogP contribution in [0.5, 0.6) is 0 Å².